The number of halogens is 1. The first-order valence-corrected chi connectivity index (χ1v) is 12.0. The van der Waals surface area contributed by atoms with Gasteiger partial charge < -0.3 is 15.5 Å². The molecule has 0 bridgehead atoms. The largest absolute Gasteiger partial charge is 0.458 e. The highest BCUT2D eigenvalue weighted by Crippen LogP contribution is 2.46. The molecule has 1 amide bonds. The summed E-state index contributed by atoms with van der Waals surface area (Å²) in [5.74, 6) is 1.10. The van der Waals surface area contributed by atoms with Crippen molar-refractivity contribution in [3.05, 3.63) is 99.0 Å². The molecule has 2 aliphatic rings. The molecule has 34 heavy (non-hydrogen) atoms. The number of nitriles is 1. The van der Waals surface area contributed by atoms with Crippen LogP contribution >= 0.6 is 27.7 Å². The minimum Gasteiger partial charge on any atom is -0.458 e. The van der Waals surface area contributed by atoms with E-state index in [1.165, 1.54) is 11.8 Å². The second-order valence-electron chi connectivity index (χ2n) is 7.62. The maximum Gasteiger partial charge on any atom is 0.256 e. The highest BCUT2D eigenvalue weighted by molar-refractivity contribution is 9.10. The number of nitrogens with two attached hydrogens (primary N) is 1. The Hall–Kier alpha value is -3.74. The van der Waals surface area contributed by atoms with E-state index in [0.717, 1.165) is 10.0 Å². The van der Waals surface area contributed by atoms with Gasteiger partial charge >= 0.3 is 0 Å². The van der Waals surface area contributed by atoms with Crippen LogP contribution in [0.3, 0.4) is 0 Å². The number of para-hydroxylation sites is 1. The van der Waals surface area contributed by atoms with Crippen LogP contribution in [-0.4, -0.2) is 16.0 Å². The second kappa shape index (κ2) is 8.89. The van der Waals surface area contributed by atoms with Crippen LogP contribution in [-0.2, 0) is 4.79 Å². The number of carbonyl (C=O) groups is 1. The van der Waals surface area contributed by atoms with Crippen molar-refractivity contribution in [2.45, 2.75) is 13.0 Å². The molecule has 3 heterocycles. The molecular weight excluding hydrogens is 514 g/mol. The van der Waals surface area contributed by atoms with Crippen molar-refractivity contribution in [1.82, 2.24) is 4.90 Å². The molecule has 0 fully saturated rings. The van der Waals surface area contributed by atoms with Crippen molar-refractivity contribution in [2.24, 2.45) is 10.7 Å². The predicted molar refractivity (Wildman–Crippen MR) is 136 cm³/mol. The first-order chi connectivity index (χ1) is 16.5. The summed E-state index contributed by atoms with van der Waals surface area (Å²) in [7, 11) is 0. The van der Waals surface area contributed by atoms with Gasteiger partial charge in [-0.3, -0.25) is 9.69 Å². The molecule has 0 saturated carbocycles. The molecule has 3 aromatic rings. The average molecular weight is 532 g/mol. The summed E-state index contributed by atoms with van der Waals surface area (Å²) in [5, 5.41) is 13.0. The van der Waals surface area contributed by atoms with E-state index in [-0.39, 0.29) is 11.7 Å². The molecule has 168 valence electrons. The Bertz CT molecular complexity index is 1420. The lowest BCUT2D eigenvalue weighted by molar-refractivity contribution is -0.113. The van der Waals surface area contributed by atoms with E-state index in [1.54, 1.807) is 11.8 Å². The van der Waals surface area contributed by atoms with E-state index in [0.29, 0.717) is 38.6 Å². The van der Waals surface area contributed by atoms with Crippen molar-refractivity contribution >= 4 is 44.5 Å². The molecule has 5 rings (SSSR count). The van der Waals surface area contributed by atoms with Crippen molar-refractivity contribution in [3.8, 4) is 17.4 Å². The molecule has 0 spiro atoms. The predicted octanol–water partition coefficient (Wildman–Crippen LogP) is 5.73. The fraction of sp³-hybridized carbons (Fsp3) is 0.0800. The molecule has 1 aromatic heterocycles. The lowest BCUT2D eigenvalue weighted by Crippen LogP contribution is -2.39. The summed E-state index contributed by atoms with van der Waals surface area (Å²) in [6.45, 7) is 1.77. The van der Waals surface area contributed by atoms with E-state index < -0.39 is 6.04 Å². The van der Waals surface area contributed by atoms with E-state index in [9.17, 15) is 10.1 Å². The maximum absolute atomic E-state index is 13.5. The number of carbonyl (C=O) groups excluding carboxylic acids is 1. The molecular formula is C25H18BrN5O2S. The summed E-state index contributed by atoms with van der Waals surface area (Å²) in [5.41, 5.74) is 8.83. The minimum absolute atomic E-state index is 0.246. The Morgan fingerprint density at radius 2 is 1.91 bits per heavy atom. The van der Waals surface area contributed by atoms with Gasteiger partial charge in [-0.05, 0) is 55.1 Å². The van der Waals surface area contributed by atoms with Crippen LogP contribution < -0.4 is 11.1 Å². The van der Waals surface area contributed by atoms with Crippen molar-refractivity contribution in [3.63, 3.8) is 0 Å². The number of furan rings is 1. The zero-order chi connectivity index (χ0) is 23.8. The monoisotopic (exact) mass is 531 g/mol. The number of thioether (sulfide) groups is 1. The van der Waals surface area contributed by atoms with Gasteiger partial charge in [-0.15, -0.1) is 0 Å². The molecule has 0 saturated heterocycles. The number of allylic oxidation sites excluding steroid dienone is 2. The number of hydrogen-bond donors (Lipinski definition) is 2. The lowest BCUT2D eigenvalue weighted by atomic mass is 9.98. The SMILES string of the molecule is CC1=C(C(=O)Nc2ccccc2)[C@@H](c2ccc(-c3ccc(Br)cc3)o2)N2C(=N1)SC(C#N)=C2N. The number of benzene rings is 2. The summed E-state index contributed by atoms with van der Waals surface area (Å²) < 4.78 is 7.22. The van der Waals surface area contributed by atoms with Crippen LogP contribution in [0.15, 0.2) is 103 Å². The summed E-state index contributed by atoms with van der Waals surface area (Å²) in [6, 6.07) is 22.1. The standard InChI is InChI=1S/C25H18BrN5O2S/c1-14-21(24(32)30-17-5-3-2-4-6-17)22(31-23(28)20(13-27)34-25(31)29-14)19-12-11-18(33-19)15-7-9-16(26)10-8-15/h2-12,22H,28H2,1H3,(H,30,32)/t22-/m1/s1. The number of nitrogens with zero attached hydrogens (tertiary/aromatic N) is 3. The van der Waals surface area contributed by atoms with Crippen LogP contribution in [0.25, 0.3) is 11.3 Å². The van der Waals surface area contributed by atoms with Gasteiger partial charge in [0, 0.05) is 15.7 Å². The molecule has 2 aromatic carbocycles. The number of anilines is 1. The normalized spacial score (nSPS) is 17.4. The molecule has 0 aliphatic carbocycles. The molecule has 9 heteroatoms. The van der Waals surface area contributed by atoms with Gasteiger partial charge in [-0.1, -0.05) is 46.3 Å². The van der Waals surface area contributed by atoms with Crippen LogP contribution in [0.4, 0.5) is 5.69 Å². The number of rotatable bonds is 4. The highest BCUT2D eigenvalue weighted by atomic mass is 79.9. The van der Waals surface area contributed by atoms with Gasteiger partial charge in [0.2, 0.25) is 0 Å². The summed E-state index contributed by atoms with van der Waals surface area (Å²) >= 11 is 4.63. The number of amides is 1. The Balaban J connectivity index is 1.59. The average Bonchev–Trinajstić information content (AvgIpc) is 3.44. The van der Waals surface area contributed by atoms with Crippen molar-refractivity contribution in [1.29, 1.82) is 5.26 Å². The van der Waals surface area contributed by atoms with Crippen LogP contribution in [0.2, 0.25) is 0 Å². The van der Waals surface area contributed by atoms with E-state index >= 15 is 0 Å². The quantitative estimate of drug-likeness (QED) is 0.444. The van der Waals surface area contributed by atoms with E-state index in [2.05, 4.69) is 32.3 Å². The van der Waals surface area contributed by atoms with Gasteiger partial charge in [0.1, 0.15) is 34.4 Å². The molecule has 2 aliphatic heterocycles. The number of hydrogen-bond acceptors (Lipinski definition) is 7. The first kappa shape index (κ1) is 22.1. The minimum atomic E-state index is -0.682. The number of nitrogens with one attached hydrogen (secondary N) is 1. The van der Waals surface area contributed by atoms with E-state index in [4.69, 9.17) is 10.2 Å². The zero-order valence-electron chi connectivity index (χ0n) is 17.9. The van der Waals surface area contributed by atoms with Crippen LogP contribution in [0, 0.1) is 11.3 Å². The van der Waals surface area contributed by atoms with Gasteiger partial charge in [-0.2, -0.15) is 5.26 Å². The lowest BCUT2D eigenvalue weighted by Gasteiger charge is -2.33. The van der Waals surface area contributed by atoms with Gasteiger partial charge in [-0.25, -0.2) is 4.99 Å². The molecule has 1 atom stereocenters. The van der Waals surface area contributed by atoms with Crippen LogP contribution in [0.5, 0.6) is 0 Å². The first-order valence-electron chi connectivity index (χ1n) is 10.3. The third-order valence-corrected chi connectivity index (χ3v) is 6.98. The topological polar surface area (TPSA) is 108 Å². The fourth-order valence-electron chi connectivity index (χ4n) is 3.89. The zero-order valence-corrected chi connectivity index (χ0v) is 20.4. The maximum atomic E-state index is 13.5. The molecule has 0 unspecified atom stereocenters. The summed E-state index contributed by atoms with van der Waals surface area (Å²) in [6.07, 6.45) is 0. The number of aliphatic imine (C=N–C) groups is 1. The van der Waals surface area contributed by atoms with Crippen LogP contribution in [0.1, 0.15) is 18.7 Å². The fourth-order valence-corrected chi connectivity index (χ4v) is 5.07. The van der Waals surface area contributed by atoms with Crippen molar-refractivity contribution in [2.75, 3.05) is 5.32 Å². The van der Waals surface area contributed by atoms with Crippen molar-refractivity contribution < 1.29 is 9.21 Å². The Morgan fingerprint density at radius 3 is 2.62 bits per heavy atom. The third kappa shape index (κ3) is 3.91. The van der Waals surface area contributed by atoms with Gasteiger partial charge in [0.05, 0.1) is 11.3 Å². The molecule has 3 N–H and O–H groups in total. The van der Waals surface area contributed by atoms with Gasteiger partial charge in [0.15, 0.2) is 5.17 Å². The Kier molecular flexibility index (Phi) is 5.77. The molecule has 7 nitrogen and oxygen atoms in total. The van der Waals surface area contributed by atoms with Gasteiger partial charge in [0.25, 0.3) is 5.91 Å². The summed E-state index contributed by atoms with van der Waals surface area (Å²) in [4.78, 5) is 20.1. The smallest absolute Gasteiger partial charge is 0.256 e. The van der Waals surface area contributed by atoms with E-state index in [1.807, 2.05) is 66.7 Å². The number of amidine groups is 1. The molecule has 0 radical (unpaired) electrons. The Labute approximate surface area is 208 Å². The number of fused-ring (bicyclic) bond motifs is 1. The third-order valence-electron chi connectivity index (χ3n) is 5.48. The highest BCUT2D eigenvalue weighted by Gasteiger charge is 2.43. The Morgan fingerprint density at radius 1 is 1.18 bits per heavy atom. The second-order valence-corrected chi connectivity index (χ2v) is 9.52.